The Morgan fingerprint density at radius 2 is 1.71 bits per heavy atom. The van der Waals surface area contributed by atoms with E-state index in [2.05, 4.69) is 5.32 Å². The van der Waals surface area contributed by atoms with Crippen molar-refractivity contribution in [1.29, 1.82) is 0 Å². The Labute approximate surface area is 201 Å². The van der Waals surface area contributed by atoms with Crippen molar-refractivity contribution in [3.63, 3.8) is 0 Å². The van der Waals surface area contributed by atoms with Gasteiger partial charge in [0.1, 0.15) is 0 Å². The molecule has 2 fully saturated rings. The van der Waals surface area contributed by atoms with Crippen molar-refractivity contribution in [2.24, 2.45) is 0 Å². The Morgan fingerprint density at radius 1 is 1.03 bits per heavy atom. The third-order valence-corrected chi connectivity index (χ3v) is 8.35. The zero-order valence-electron chi connectivity index (χ0n) is 19.7. The standard InChI is InChI=1S/C25H32N4O4S/c1-3-29(22-7-5-4-6-8-22)34(32,33)23-17-20(10-9-19(23)2)25(31)28-15-13-27(14-16-28)18-24(30)26-21-11-12-21/h4-10,17,21H,3,11-16,18H2,1-2H3,(H,26,30). The number of anilines is 1. The van der Waals surface area contributed by atoms with Crippen LogP contribution >= 0.6 is 0 Å². The molecule has 0 bridgehead atoms. The van der Waals surface area contributed by atoms with Crippen LogP contribution in [0.25, 0.3) is 0 Å². The summed E-state index contributed by atoms with van der Waals surface area (Å²) in [6.07, 6.45) is 2.12. The number of piperazine rings is 1. The van der Waals surface area contributed by atoms with Gasteiger partial charge >= 0.3 is 0 Å². The number of carbonyl (C=O) groups is 2. The highest BCUT2D eigenvalue weighted by molar-refractivity contribution is 7.92. The van der Waals surface area contributed by atoms with E-state index in [1.54, 1.807) is 55.1 Å². The number of benzene rings is 2. The first-order chi connectivity index (χ1) is 16.3. The van der Waals surface area contributed by atoms with E-state index in [1.807, 2.05) is 11.0 Å². The smallest absolute Gasteiger partial charge is 0.264 e. The maximum Gasteiger partial charge on any atom is 0.264 e. The molecule has 1 N–H and O–H groups in total. The third kappa shape index (κ3) is 5.42. The average molecular weight is 485 g/mol. The molecule has 2 aliphatic rings. The van der Waals surface area contributed by atoms with Gasteiger partial charge in [-0.15, -0.1) is 0 Å². The molecular weight excluding hydrogens is 452 g/mol. The van der Waals surface area contributed by atoms with E-state index in [4.69, 9.17) is 0 Å². The summed E-state index contributed by atoms with van der Waals surface area (Å²) in [7, 11) is -3.84. The van der Waals surface area contributed by atoms with E-state index in [-0.39, 0.29) is 23.3 Å². The average Bonchev–Trinajstić information content (AvgIpc) is 3.64. The number of aryl methyl sites for hydroxylation is 1. The zero-order valence-corrected chi connectivity index (χ0v) is 20.6. The minimum absolute atomic E-state index is 0.0366. The van der Waals surface area contributed by atoms with Crippen LogP contribution in [-0.2, 0) is 14.8 Å². The minimum Gasteiger partial charge on any atom is -0.352 e. The fraction of sp³-hybridized carbons (Fsp3) is 0.440. The number of para-hydroxylation sites is 1. The maximum absolute atomic E-state index is 13.5. The molecule has 0 spiro atoms. The quantitative estimate of drug-likeness (QED) is 0.621. The lowest BCUT2D eigenvalue weighted by Crippen LogP contribution is -2.51. The largest absolute Gasteiger partial charge is 0.352 e. The Kier molecular flexibility index (Phi) is 7.23. The lowest BCUT2D eigenvalue weighted by atomic mass is 10.1. The van der Waals surface area contributed by atoms with Gasteiger partial charge in [-0.25, -0.2) is 8.42 Å². The van der Waals surface area contributed by atoms with Crippen LogP contribution in [0.1, 0.15) is 35.7 Å². The van der Waals surface area contributed by atoms with Crippen molar-refractivity contribution < 1.29 is 18.0 Å². The summed E-state index contributed by atoms with van der Waals surface area (Å²) in [5, 5.41) is 2.99. The lowest BCUT2D eigenvalue weighted by Gasteiger charge is -2.34. The number of amides is 2. The second-order valence-corrected chi connectivity index (χ2v) is 10.7. The Balaban J connectivity index is 1.46. The predicted octanol–water partition coefficient (Wildman–Crippen LogP) is 2.25. The van der Waals surface area contributed by atoms with Gasteiger partial charge in [-0.05, 0) is 56.5 Å². The van der Waals surface area contributed by atoms with Crippen molar-refractivity contribution in [3.8, 4) is 0 Å². The summed E-state index contributed by atoms with van der Waals surface area (Å²) in [5.41, 5.74) is 1.54. The highest BCUT2D eigenvalue weighted by Crippen LogP contribution is 2.27. The monoisotopic (exact) mass is 484 g/mol. The predicted molar refractivity (Wildman–Crippen MR) is 131 cm³/mol. The summed E-state index contributed by atoms with van der Waals surface area (Å²) >= 11 is 0. The Morgan fingerprint density at radius 3 is 2.32 bits per heavy atom. The number of rotatable bonds is 8. The normalized spacial score (nSPS) is 16.8. The summed E-state index contributed by atoms with van der Waals surface area (Å²) in [4.78, 5) is 29.2. The van der Waals surface area contributed by atoms with E-state index in [9.17, 15) is 18.0 Å². The fourth-order valence-electron chi connectivity index (χ4n) is 4.21. The molecule has 1 heterocycles. The van der Waals surface area contributed by atoms with Gasteiger partial charge < -0.3 is 10.2 Å². The van der Waals surface area contributed by atoms with Crippen LogP contribution in [0.4, 0.5) is 5.69 Å². The number of sulfonamides is 1. The van der Waals surface area contributed by atoms with Gasteiger partial charge in [0.2, 0.25) is 5.91 Å². The molecule has 0 unspecified atom stereocenters. The van der Waals surface area contributed by atoms with E-state index < -0.39 is 10.0 Å². The Bertz CT molecular complexity index is 1140. The molecule has 2 aromatic rings. The van der Waals surface area contributed by atoms with Crippen molar-refractivity contribution in [2.75, 3.05) is 43.6 Å². The molecule has 1 aliphatic carbocycles. The second-order valence-electron chi connectivity index (χ2n) is 8.90. The number of carbonyl (C=O) groups excluding carboxylic acids is 2. The van der Waals surface area contributed by atoms with Crippen LogP contribution in [0.15, 0.2) is 53.4 Å². The van der Waals surface area contributed by atoms with E-state index >= 15 is 0 Å². The number of hydrogen-bond donors (Lipinski definition) is 1. The molecule has 0 aromatic heterocycles. The summed E-state index contributed by atoms with van der Waals surface area (Å²) in [5.74, 6) is -0.157. The SMILES string of the molecule is CCN(c1ccccc1)S(=O)(=O)c1cc(C(=O)N2CCN(CC(=O)NC3CC3)CC2)ccc1C. The van der Waals surface area contributed by atoms with Crippen LogP contribution < -0.4 is 9.62 Å². The summed E-state index contributed by atoms with van der Waals surface area (Å²) in [6.45, 7) is 6.37. The van der Waals surface area contributed by atoms with Gasteiger partial charge in [0.05, 0.1) is 17.1 Å². The molecule has 1 aliphatic heterocycles. The van der Waals surface area contributed by atoms with E-state index in [0.29, 0.717) is 55.6 Å². The molecule has 2 amide bonds. The van der Waals surface area contributed by atoms with Gasteiger partial charge in [-0.2, -0.15) is 0 Å². The highest BCUT2D eigenvalue weighted by atomic mass is 32.2. The van der Waals surface area contributed by atoms with Crippen LogP contribution in [0.5, 0.6) is 0 Å². The second kappa shape index (κ2) is 10.1. The number of nitrogens with zero attached hydrogens (tertiary/aromatic N) is 3. The molecule has 2 aromatic carbocycles. The molecule has 9 heteroatoms. The van der Waals surface area contributed by atoms with E-state index in [0.717, 1.165) is 12.8 Å². The third-order valence-electron chi connectivity index (χ3n) is 6.30. The minimum atomic E-state index is -3.84. The molecule has 182 valence electrons. The van der Waals surface area contributed by atoms with Crippen molar-refractivity contribution in [3.05, 3.63) is 59.7 Å². The summed E-state index contributed by atoms with van der Waals surface area (Å²) < 4.78 is 28.4. The maximum atomic E-state index is 13.5. The van der Waals surface area contributed by atoms with Gasteiger partial charge in [-0.1, -0.05) is 24.3 Å². The molecule has 0 atom stereocenters. The lowest BCUT2D eigenvalue weighted by molar-refractivity contribution is -0.122. The molecular formula is C25H32N4O4S. The zero-order chi connectivity index (χ0) is 24.3. The summed E-state index contributed by atoms with van der Waals surface area (Å²) in [6, 6.07) is 14.2. The first-order valence-corrected chi connectivity index (χ1v) is 13.2. The van der Waals surface area contributed by atoms with Crippen LogP contribution in [0.3, 0.4) is 0 Å². The fourth-order valence-corrected chi connectivity index (χ4v) is 5.94. The first-order valence-electron chi connectivity index (χ1n) is 11.8. The van der Waals surface area contributed by atoms with Crippen molar-refractivity contribution in [2.45, 2.75) is 37.6 Å². The molecule has 4 rings (SSSR count). The number of nitrogens with one attached hydrogen (secondary N) is 1. The molecule has 34 heavy (non-hydrogen) atoms. The van der Waals surface area contributed by atoms with Gasteiger partial charge in [-0.3, -0.25) is 18.8 Å². The van der Waals surface area contributed by atoms with Crippen LogP contribution in [0.2, 0.25) is 0 Å². The molecule has 8 nitrogen and oxygen atoms in total. The van der Waals surface area contributed by atoms with Crippen molar-refractivity contribution in [1.82, 2.24) is 15.1 Å². The van der Waals surface area contributed by atoms with Gasteiger partial charge in [0.15, 0.2) is 0 Å². The Hall–Kier alpha value is -2.91. The van der Waals surface area contributed by atoms with Crippen LogP contribution in [0, 0.1) is 6.92 Å². The molecule has 1 saturated heterocycles. The van der Waals surface area contributed by atoms with Gasteiger partial charge in [0.25, 0.3) is 15.9 Å². The first kappa shape index (κ1) is 24.2. The van der Waals surface area contributed by atoms with E-state index in [1.165, 1.54) is 10.4 Å². The molecule has 0 radical (unpaired) electrons. The molecule has 1 saturated carbocycles. The van der Waals surface area contributed by atoms with Crippen LogP contribution in [-0.4, -0.2) is 75.3 Å². The van der Waals surface area contributed by atoms with Crippen molar-refractivity contribution >= 4 is 27.5 Å². The number of hydrogen-bond acceptors (Lipinski definition) is 5. The highest BCUT2D eigenvalue weighted by Gasteiger charge is 2.29. The van der Waals surface area contributed by atoms with Gasteiger partial charge in [0, 0.05) is 44.3 Å². The topological polar surface area (TPSA) is 90.0 Å².